The second-order valence-electron chi connectivity index (χ2n) is 4.31. The predicted octanol–water partition coefficient (Wildman–Crippen LogP) is 2.13. The number of halogens is 1. The van der Waals surface area contributed by atoms with Crippen molar-refractivity contribution < 1.29 is 0 Å². The van der Waals surface area contributed by atoms with Gasteiger partial charge in [-0.2, -0.15) is 5.10 Å². The van der Waals surface area contributed by atoms with Crippen LogP contribution in [-0.2, 0) is 6.54 Å². The Morgan fingerprint density at radius 2 is 2.00 bits per heavy atom. The van der Waals surface area contributed by atoms with Crippen molar-refractivity contribution in [2.75, 3.05) is 0 Å². The third-order valence-electron chi connectivity index (χ3n) is 2.86. The third-order valence-corrected chi connectivity index (χ3v) is 3.06. The minimum absolute atomic E-state index is 0.183. The van der Waals surface area contributed by atoms with Gasteiger partial charge in [0.2, 0.25) is 0 Å². The van der Waals surface area contributed by atoms with Crippen molar-refractivity contribution in [1.29, 1.82) is 0 Å². The Balaban J connectivity index is 1.86. The molecule has 0 aliphatic carbocycles. The SMILES string of the molecule is O=c1cc(Cl)ncn1Cc1cnn(-c2ccccc2)c1. The Morgan fingerprint density at radius 1 is 1.20 bits per heavy atom. The smallest absolute Gasteiger partial charge is 0.255 e. The first-order valence-corrected chi connectivity index (χ1v) is 6.41. The van der Waals surface area contributed by atoms with Gasteiger partial charge in [-0.1, -0.05) is 29.8 Å². The first kappa shape index (κ1) is 12.6. The summed E-state index contributed by atoms with van der Waals surface area (Å²) in [6.45, 7) is 0.413. The molecule has 0 aliphatic heterocycles. The predicted molar refractivity (Wildman–Crippen MR) is 76.2 cm³/mol. The van der Waals surface area contributed by atoms with Crippen LogP contribution in [0.1, 0.15) is 5.56 Å². The minimum atomic E-state index is -0.183. The molecule has 6 heteroatoms. The maximum absolute atomic E-state index is 11.7. The highest BCUT2D eigenvalue weighted by molar-refractivity contribution is 6.29. The summed E-state index contributed by atoms with van der Waals surface area (Å²) >= 11 is 5.66. The molecule has 0 atom stereocenters. The Labute approximate surface area is 120 Å². The number of aromatic nitrogens is 4. The van der Waals surface area contributed by atoms with Crippen LogP contribution in [0.2, 0.25) is 5.15 Å². The van der Waals surface area contributed by atoms with Crippen LogP contribution in [-0.4, -0.2) is 19.3 Å². The van der Waals surface area contributed by atoms with E-state index in [9.17, 15) is 4.79 Å². The van der Waals surface area contributed by atoms with Gasteiger partial charge >= 0.3 is 0 Å². The average molecular weight is 287 g/mol. The van der Waals surface area contributed by atoms with E-state index in [4.69, 9.17) is 11.6 Å². The van der Waals surface area contributed by atoms with E-state index in [1.807, 2.05) is 36.5 Å². The molecule has 3 rings (SSSR count). The van der Waals surface area contributed by atoms with Crippen LogP contribution < -0.4 is 5.56 Å². The molecule has 1 aromatic carbocycles. The normalized spacial score (nSPS) is 10.7. The molecule has 0 saturated heterocycles. The van der Waals surface area contributed by atoms with E-state index < -0.39 is 0 Å². The maximum Gasteiger partial charge on any atom is 0.255 e. The lowest BCUT2D eigenvalue weighted by Crippen LogP contribution is -2.19. The number of benzene rings is 1. The molecule has 0 aliphatic rings. The van der Waals surface area contributed by atoms with Crippen LogP contribution in [0.25, 0.3) is 5.69 Å². The summed E-state index contributed by atoms with van der Waals surface area (Å²) in [6.07, 6.45) is 5.05. The highest BCUT2D eigenvalue weighted by Crippen LogP contribution is 2.08. The molecule has 0 amide bonds. The third kappa shape index (κ3) is 2.62. The summed E-state index contributed by atoms with van der Waals surface area (Å²) in [5.41, 5.74) is 1.71. The summed E-state index contributed by atoms with van der Waals surface area (Å²) in [5.74, 6) is 0. The zero-order valence-electron chi connectivity index (χ0n) is 10.5. The summed E-state index contributed by atoms with van der Waals surface area (Å²) in [7, 11) is 0. The van der Waals surface area contributed by atoms with Crippen LogP contribution in [0.4, 0.5) is 0 Å². The van der Waals surface area contributed by atoms with Crippen molar-refractivity contribution in [1.82, 2.24) is 19.3 Å². The second-order valence-corrected chi connectivity index (χ2v) is 4.69. The van der Waals surface area contributed by atoms with Gasteiger partial charge in [0.15, 0.2) is 0 Å². The van der Waals surface area contributed by atoms with E-state index in [2.05, 4.69) is 10.1 Å². The van der Waals surface area contributed by atoms with Crippen LogP contribution in [0.5, 0.6) is 0 Å². The lowest BCUT2D eigenvalue weighted by atomic mass is 10.3. The molecule has 0 fully saturated rings. The van der Waals surface area contributed by atoms with Crippen molar-refractivity contribution in [3.63, 3.8) is 0 Å². The number of para-hydroxylation sites is 1. The molecule has 0 bridgehead atoms. The average Bonchev–Trinajstić information content (AvgIpc) is 2.92. The summed E-state index contributed by atoms with van der Waals surface area (Å²) in [5, 5.41) is 4.48. The van der Waals surface area contributed by atoms with Crippen molar-refractivity contribution in [3.05, 3.63) is 76.2 Å². The van der Waals surface area contributed by atoms with Crippen LogP contribution >= 0.6 is 11.6 Å². The van der Waals surface area contributed by atoms with Crippen LogP contribution in [0.15, 0.2) is 59.9 Å². The first-order valence-electron chi connectivity index (χ1n) is 6.03. The number of rotatable bonds is 3. The van der Waals surface area contributed by atoms with Crippen molar-refractivity contribution in [3.8, 4) is 5.69 Å². The largest absolute Gasteiger partial charge is 0.295 e. The molecule has 3 aromatic rings. The quantitative estimate of drug-likeness (QED) is 0.693. The van der Waals surface area contributed by atoms with Gasteiger partial charge in [-0.15, -0.1) is 0 Å². The van der Waals surface area contributed by atoms with Crippen molar-refractivity contribution in [2.45, 2.75) is 6.54 Å². The molecule has 0 unspecified atom stereocenters. The van der Waals surface area contributed by atoms with E-state index >= 15 is 0 Å². The van der Waals surface area contributed by atoms with Gasteiger partial charge < -0.3 is 0 Å². The highest BCUT2D eigenvalue weighted by Gasteiger charge is 2.03. The Bertz CT molecular complexity index is 779. The zero-order chi connectivity index (χ0) is 13.9. The topological polar surface area (TPSA) is 52.7 Å². The van der Waals surface area contributed by atoms with Crippen LogP contribution in [0, 0.1) is 0 Å². The molecule has 100 valence electrons. The van der Waals surface area contributed by atoms with E-state index in [1.165, 1.54) is 17.0 Å². The number of nitrogens with zero attached hydrogens (tertiary/aromatic N) is 4. The minimum Gasteiger partial charge on any atom is -0.295 e. The Hall–Kier alpha value is -2.40. The summed E-state index contributed by atoms with van der Waals surface area (Å²) in [4.78, 5) is 15.6. The van der Waals surface area contributed by atoms with E-state index in [1.54, 1.807) is 10.9 Å². The fraction of sp³-hybridized carbons (Fsp3) is 0.0714. The lowest BCUT2D eigenvalue weighted by molar-refractivity contribution is 0.736. The number of hydrogen-bond donors (Lipinski definition) is 0. The van der Waals surface area contributed by atoms with Gasteiger partial charge in [0, 0.05) is 17.8 Å². The molecule has 0 radical (unpaired) electrons. The van der Waals surface area contributed by atoms with Crippen molar-refractivity contribution in [2.24, 2.45) is 0 Å². The number of hydrogen-bond acceptors (Lipinski definition) is 3. The lowest BCUT2D eigenvalue weighted by Gasteiger charge is -2.02. The molecule has 0 spiro atoms. The fourth-order valence-corrected chi connectivity index (χ4v) is 2.02. The zero-order valence-corrected chi connectivity index (χ0v) is 11.2. The van der Waals surface area contributed by atoms with Crippen molar-refractivity contribution >= 4 is 11.6 Å². The van der Waals surface area contributed by atoms with Gasteiger partial charge in [0.05, 0.1) is 24.8 Å². The Kier molecular flexibility index (Phi) is 3.35. The highest BCUT2D eigenvalue weighted by atomic mass is 35.5. The standard InChI is InChI=1S/C14H11ClN4O/c15-13-6-14(20)18(10-16-13)8-11-7-17-19(9-11)12-4-2-1-3-5-12/h1-7,9-10H,8H2. The molecular formula is C14H11ClN4O. The van der Waals surface area contributed by atoms with E-state index in [-0.39, 0.29) is 10.7 Å². The molecule has 5 nitrogen and oxygen atoms in total. The molecule has 0 saturated carbocycles. The van der Waals surface area contributed by atoms with Crippen LogP contribution in [0.3, 0.4) is 0 Å². The molecule has 2 aromatic heterocycles. The van der Waals surface area contributed by atoms with Gasteiger partial charge in [-0.05, 0) is 12.1 Å². The fourth-order valence-electron chi connectivity index (χ4n) is 1.88. The molecule has 0 N–H and O–H groups in total. The summed E-state index contributed by atoms with van der Waals surface area (Å²) < 4.78 is 3.25. The van der Waals surface area contributed by atoms with Gasteiger partial charge in [-0.3, -0.25) is 9.36 Å². The van der Waals surface area contributed by atoms with E-state index in [0.717, 1.165) is 11.3 Å². The van der Waals surface area contributed by atoms with Gasteiger partial charge in [-0.25, -0.2) is 9.67 Å². The van der Waals surface area contributed by atoms with E-state index in [0.29, 0.717) is 6.54 Å². The first-order chi connectivity index (χ1) is 9.72. The molecular weight excluding hydrogens is 276 g/mol. The summed E-state index contributed by atoms with van der Waals surface area (Å²) in [6, 6.07) is 11.1. The van der Waals surface area contributed by atoms with Gasteiger partial charge in [0.25, 0.3) is 5.56 Å². The Morgan fingerprint density at radius 3 is 2.75 bits per heavy atom. The monoisotopic (exact) mass is 286 g/mol. The molecule has 20 heavy (non-hydrogen) atoms. The maximum atomic E-state index is 11.7. The second kappa shape index (κ2) is 5.30. The molecule has 2 heterocycles. The van der Waals surface area contributed by atoms with Gasteiger partial charge in [0.1, 0.15) is 5.15 Å².